The molecule has 0 amide bonds. The van der Waals surface area contributed by atoms with E-state index in [2.05, 4.69) is 36.1 Å². The first kappa shape index (κ1) is 20.4. The Morgan fingerprint density at radius 1 is 1.14 bits per heavy atom. The number of pyridine rings is 1. The van der Waals surface area contributed by atoms with Crippen LogP contribution in [-0.4, -0.2) is 33.1 Å². The van der Waals surface area contributed by atoms with Gasteiger partial charge in [0.05, 0.1) is 16.4 Å². The smallest absolute Gasteiger partial charge is 0.134 e. The molecule has 0 spiro atoms. The second kappa shape index (κ2) is 8.76. The number of aromatic nitrogens is 3. The Kier molecular flexibility index (Phi) is 6.37. The summed E-state index contributed by atoms with van der Waals surface area (Å²) in [6.45, 7) is 8.35. The van der Waals surface area contributed by atoms with Crippen molar-refractivity contribution in [3.05, 3.63) is 53.6 Å². The third kappa shape index (κ3) is 4.54. The lowest BCUT2D eigenvalue weighted by molar-refractivity contribution is 0.445. The van der Waals surface area contributed by atoms with Crippen molar-refractivity contribution < 1.29 is 5.11 Å². The maximum Gasteiger partial charge on any atom is 0.134 e. The molecule has 28 heavy (non-hydrogen) atoms. The molecular weight excluding hydrogens is 372 g/mol. The molecule has 0 aliphatic carbocycles. The van der Waals surface area contributed by atoms with Crippen LogP contribution < -0.4 is 5.32 Å². The molecule has 3 aromatic rings. The molecule has 0 aliphatic rings. The highest BCUT2D eigenvalue weighted by atomic mass is 35.5. The van der Waals surface area contributed by atoms with E-state index in [4.69, 9.17) is 16.6 Å². The van der Waals surface area contributed by atoms with Crippen molar-refractivity contribution in [3.63, 3.8) is 0 Å². The molecule has 5 nitrogen and oxygen atoms in total. The second-order valence-electron chi connectivity index (χ2n) is 7.63. The number of rotatable bonds is 8. The van der Waals surface area contributed by atoms with Gasteiger partial charge in [-0.3, -0.25) is 4.98 Å². The van der Waals surface area contributed by atoms with Crippen molar-refractivity contribution in [1.29, 1.82) is 0 Å². The molecule has 1 aromatic carbocycles. The van der Waals surface area contributed by atoms with Crippen LogP contribution in [0.15, 0.2) is 42.7 Å². The Bertz CT molecular complexity index is 922. The highest BCUT2D eigenvalue weighted by Crippen LogP contribution is 2.36. The number of nitrogens with zero attached hydrogens (tertiary/aromatic N) is 2. The average molecular weight is 399 g/mol. The zero-order chi connectivity index (χ0) is 20.1. The van der Waals surface area contributed by atoms with Gasteiger partial charge in [0.1, 0.15) is 11.6 Å². The zero-order valence-corrected chi connectivity index (χ0v) is 17.3. The molecule has 3 N–H and O–H groups in total. The van der Waals surface area contributed by atoms with Gasteiger partial charge < -0.3 is 15.4 Å². The van der Waals surface area contributed by atoms with Gasteiger partial charge in [0.2, 0.25) is 0 Å². The van der Waals surface area contributed by atoms with Crippen LogP contribution in [0.3, 0.4) is 0 Å². The lowest BCUT2D eigenvalue weighted by Crippen LogP contribution is -2.34. The molecule has 0 fully saturated rings. The van der Waals surface area contributed by atoms with Crippen LogP contribution >= 0.6 is 11.6 Å². The summed E-state index contributed by atoms with van der Waals surface area (Å²) in [4.78, 5) is 12.6. The van der Waals surface area contributed by atoms with Crippen molar-refractivity contribution in [1.82, 2.24) is 20.3 Å². The van der Waals surface area contributed by atoms with E-state index in [0.29, 0.717) is 5.02 Å². The molecule has 148 valence electrons. The van der Waals surface area contributed by atoms with Crippen LogP contribution in [0.2, 0.25) is 5.02 Å². The van der Waals surface area contributed by atoms with Gasteiger partial charge in [0.15, 0.2) is 0 Å². The van der Waals surface area contributed by atoms with E-state index in [0.717, 1.165) is 47.8 Å². The van der Waals surface area contributed by atoms with Gasteiger partial charge in [-0.25, -0.2) is 4.98 Å². The molecule has 0 atom stereocenters. The molecule has 0 saturated heterocycles. The van der Waals surface area contributed by atoms with E-state index in [-0.39, 0.29) is 11.2 Å². The number of benzene rings is 1. The normalized spacial score (nSPS) is 11.7. The predicted molar refractivity (Wildman–Crippen MR) is 115 cm³/mol. The summed E-state index contributed by atoms with van der Waals surface area (Å²) in [6, 6.07) is 9.11. The molecule has 0 radical (unpaired) electrons. The number of aromatic amines is 1. The third-order valence-electron chi connectivity index (χ3n) is 4.81. The number of aromatic hydroxyl groups is 1. The van der Waals surface area contributed by atoms with Crippen molar-refractivity contribution >= 4 is 11.6 Å². The topological polar surface area (TPSA) is 73.8 Å². The van der Waals surface area contributed by atoms with Crippen molar-refractivity contribution in [2.75, 3.05) is 13.1 Å². The molecule has 0 bridgehead atoms. The number of phenols is 1. The van der Waals surface area contributed by atoms with Crippen LogP contribution in [0.1, 0.15) is 39.4 Å². The number of halogens is 1. The quantitative estimate of drug-likeness (QED) is 0.458. The average Bonchev–Trinajstić information content (AvgIpc) is 3.14. The minimum absolute atomic E-state index is 0.0462. The minimum atomic E-state index is -0.178. The fourth-order valence-corrected chi connectivity index (χ4v) is 3.19. The molecule has 2 heterocycles. The van der Waals surface area contributed by atoms with Crippen LogP contribution in [-0.2, 0) is 5.41 Å². The fourth-order valence-electron chi connectivity index (χ4n) is 3.08. The standard InChI is InChI=1S/C22H27ClN4O/c1-4-5-10-25-14-22(2,3)21-26-19(15-8-11-24-12-9-15)20(27-21)16-6-7-17(23)18(28)13-16/h6-9,11-13,25,28H,4-5,10,14H2,1-3H3,(H,26,27). The summed E-state index contributed by atoms with van der Waals surface area (Å²) >= 11 is 5.99. The molecule has 3 rings (SSSR count). The Morgan fingerprint density at radius 3 is 2.57 bits per heavy atom. The van der Waals surface area contributed by atoms with Crippen molar-refractivity contribution in [2.24, 2.45) is 0 Å². The lowest BCUT2D eigenvalue weighted by atomic mass is 9.92. The highest BCUT2D eigenvalue weighted by Gasteiger charge is 2.27. The summed E-state index contributed by atoms with van der Waals surface area (Å²) in [5.41, 5.74) is 3.32. The molecule has 6 heteroatoms. The van der Waals surface area contributed by atoms with Gasteiger partial charge in [0.25, 0.3) is 0 Å². The number of phenolic OH excluding ortho intramolecular Hbond substituents is 1. The highest BCUT2D eigenvalue weighted by molar-refractivity contribution is 6.32. The summed E-state index contributed by atoms with van der Waals surface area (Å²) in [5, 5.41) is 13.9. The van der Waals surface area contributed by atoms with Gasteiger partial charge in [-0.05, 0) is 37.2 Å². The lowest BCUT2D eigenvalue weighted by Gasteiger charge is -2.22. The number of H-pyrrole nitrogens is 1. The van der Waals surface area contributed by atoms with E-state index in [1.54, 1.807) is 24.5 Å². The van der Waals surface area contributed by atoms with Crippen LogP contribution in [0.5, 0.6) is 5.75 Å². The fraction of sp³-hybridized carbons (Fsp3) is 0.364. The van der Waals surface area contributed by atoms with Gasteiger partial charge in [-0.2, -0.15) is 0 Å². The second-order valence-corrected chi connectivity index (χ2v) is 8.03. The summed E-state index contributed by atoms with van der Waals surface area (Å²) in [5.74, 6) is 0.942. The molecule has 0 unspecified atom stereocenters. The van der Waals surface area contributed by atoms with Crippen molar-refractivity contribution in [3.8, 4) is 28.3 Å². The monoisotopic (exact) mass is 398 g/mol. The Hall–Kier alpha value is -2.37. The SMILES string of the molecule is CCCCNCC(C)(C)c1nc(-c2ccc(Cl)c(O)c2)c(-c2ccncc2)[nH]1. The van der Waals surface area contributed by atoms with Gasteiger partial charge in [-0.1, -0.05) is 44.9 Å². The summed E-state index contributed by atoms with van der Waals surface area (Å²) < 4.78 is 0. The first-order valence-electron chi connectivity index (χ1n) is 9.63. The number of nitrogens with one attached hydrogen (secondary N) is 2. The van der Waals surface area contributed by atoms with Gasteiger partial charge in [-0.15, -0.1) is 0 Å². The minimum Gasteiger partial charge on any atom is -0.506 e. The van der Waals surface area contributed by atoms with E-state index >= 15 is 0 Å². The summed E-state index contributed by atoms with van der Waals surface area (Å²) in [6.07, 6.45) is 5.85. The van der Waals surface area contributed by atoms with E-state index in [1.807, 2.05) is 18.2 Å². The predicted octanol–water partition coefficient (Wildman–Crippen LogP) is 5.17. The largest absolute Gasteiger partial charge is 0.506 e. The Labute approximate surface area is 171 Å². The summed E-state index contributed by atoms with van der Waals surface area (Å²) in [7, 11) is 0. The Balaban J connectivity index is 2.01. The van der Waals surface area contributed by atoms with E-state index < -0.39 is 0 Å². The Morgan fingerprint density at radius 2 is 1.89 bits per heavy atom. The first-order chi connectivity index (χ1) is 13.4. The number of unbranched alkanes of at least 4 members (excludes halogenated alkanes) is 1. The molecule has 0 saturated carbocycles. The maximum absolute atomic E-state index is 10.1. The molecule has 2 aromatic heterocycles. The maximum atomic E-state index is 10.1. The van der Waals surface area contributed by atoms with Gasteiger partial charge >= 0.3 is 0 Å². The van der Waals surface area contributed by atoms with Crippen LogP contribution in [0.4, 0.5) is 0 Å². The van der Waals surface area contributed by atoms with Crippen molar-refractivity contribution in [2.45, 2.75) is 39.0 Å². The number of imidazole rings is 1. The van der Waals surface area contributed by atoms with Gasteiger partial charge in [0, 0.05) is 35.5 Å². The van der Waals surface area contributed by atoms with E-state index in [9.17, 15) is 5.11 Å². The van der Waals surface area contributed by atoms with Crippen LogP contribution in [0.25, 0.3) is 22.5 Å². The van der Waals surface area contributed by atoms with Crippen LogP contribution in [0, 0.1) is 0 Å². The zero-order valence-electron chi connectivity index (χ0n) is 16.6. The first-order valence-corrected chi connectivity index (χ1v) is 10.0. The molecular formula is C22H27ClN4O. The number of hydrogen-bond donors (Lipinski definition) is 3. The number of hydrogen-bond acceptors (Lipinski definition) is 4. The molecule has 0 aliphatic heterocycles. The van der Waals surface area contributed by atoms with E-state index in [1.165, 1.54) is 6.42 Å². The third-order valence-corrected chi connectivity index (χ3v) is 5.13.